The molecule has 3 rings (SSSR count). The second-order valence-corrected chi connectivity index (χ2v) is 9.29. The molecule has 152 valence electrons. The molecule has 0 amide bonds. The van der Waals surface area contributed by atoms with Crippen LogP contribution in [0.4, 0.5) is 19.1 Å². The number of sulfonamides is 1. The SMILES string of the molecule is CS(=O)(=O)N1CCCCC[C@@H]1C1CCN(c2nccc(C(F)(F)F)n2)CC1. The number of nitrogens with zero attached hydrogens (tertiary/aromatic N) is 4. The Hall–Kier alpha value is -1.42. The summed E-state index contributed by atoms with van der Waals surface area (Å²) in [7, 11) is -3.27. The standard InChI is InChI=1S/C17H25F3N4O2S/c1-27(25,26)24-10-4-2-3-5-14(24)13-7-11-23(12-8-13)16-21-9-6-15(22-16)17(18,19)20/h6,9,13-14H,2-5,7-8,10-12H2,1H3/t14-/m1/s1. The number of alkyl halides is 3. The first-order valence-electron chi connectivity index (χ1n) is 9.28. The predicted molar refractivity (Wildman–Crippen MR) is 95.8 cm³/mol. The Morgan fingerprint density at radius 1 is 1.07 bits per heavy atom. The summed E-state index contributed by atoms with van der Waals surface area (Å²) < 4.78 is 64.6. The zero-order valence-corrected chi connectivity index (χ0v) is 16.1. The van der Waals surface area contributed by atoms with Gasteiger partial charge in [-0.05, 0) is 37.7 Å². The van der Waals surface area contributed by atoms with Crippen LogP contribution in [0.3, 0.4) is 0 Å². The van der Waals surface area contributed by atoms with E-state index in [0.717, 1.165) is 50.8 Å². The summed E-state index contributed by atoms with van der Waals surface area (Å²) in [5.41, 5.74) is -0.943. The molecule has 0 aromatic carbocycles. The molecule has 1 aromatic heterocycles. The second kappa shape index (κ2) is 7.90. The van der Waals surface area contributed by atoms with E-state index in [1.165, 1.54) is 6.26 Å². The van der Waals surface area contributed by atoms with Crippen molar-refractivity contribution in [3.8, 4) is 0 Å². The van der Waals surface area contributed by atoms with Crippen LogP contribution < -0.4 is 4.90 Å². The average molecular weight is 406 g/mol. The van der Waals surface area contributed by atoms with E-state index < -0.39 is 21.9 Å². The highest BCUT2D eigenvalue weighted by atomic mass is 32.2. The maximum Gasteiger partial charge on any atom is 0.433 e. The van der Waals surface area contributed by atoms with Gasteiger partial charge in [-0.1, -0.05) is 12.8 Å². The fraction of sp³-hybridized carbons (Fsp3) is 0.765. The lowest BCUT2D eigenvalue weighted by Crippen LogP contribution is -2.47. The van der Waals surface area contributed by atoms with Crippen LogP contribution in [-0.2, 0) is 16.2 Å². The molecule has 10 heteroatoms. The summed E-state index contributed by atoms with van der Waals surface area (Å²) in [5.74, 6) is 0.295. The third kappa shape index (κ3) is 4.90. The summed E-state index contributed by atoms with van der Waals surface area (Å²) in [6.07, 6.45) is 3.09. The fourth-order valence-electron chi connectivity index (χ4n) is 4.13. The van der Waals surface area contributed by atoms with Crippen molar-refractivity contribution in [1.82, 2.24) is 14.3 Å². The van der Waals surface area contributed by atoms with E-state index >= 15 is 0 Å². The third-order valence-electron chi connectivity index (χ3n) is 5.47. The minimum absolute atomic E-state index is 0.0212. The Kier molecular flexibility index (Phi) is 5.95. The van der Waals surface area contributed by atoms with E-state index in [2.05, 4.69) is 9.97 Å². The number of hydrogen-bond donors (Lipinski definition) is 0. The van der Waals surface area contributed by atoms with E-state index in [9.17, 15) is 21.6 Å². The Morgan fingerprint density at radius 2 is 1.78 bits per heavy atom. The van der Waals surface area contributed by atoms with E-state index in [1.807, 2.05) is 0 Å². The molecule has 0 spiro atoms. The smallest absolute Gasteiger partial charge is 0.341 e. The fourth-order valence-corrected chi connectivity index (χ4v) is 5.36. The summed E-state index contributed by atoms with van der Waals surface area (Å²) in [6, 6.07) is 0.846. The highest BCUT2D eigenvalue weighted by Crippen LogP contribution is 2.33. The van der Waals surface area contributed by atoms with Crippen molar-refractivity contribution in [3.63, 3.8) is 0 Å². The zero-order valence-electron chi connectivity index (χ0n) is 15.3. The third-order valence-corrected chi connectivity index (χ3v) is 6.78. The predicted octanol–water partition coefficient (Wildman–Crippen LogP) is 2.92. The number of rotatable bonds is 3. The van der Waals surface area contributed by atoms with Crippen molar-refractivity contribution in [2.45, 2.75) is 50.7 Å². The molecule has 3 heterocycles. The largest absolute Gasteiger partial charge is 0.433 e. The Bertz CT molecular complexity index is 749. The van der Waals surface area contributed by atoms with Gasteiger partial charge in [-0.2, -0.15) is 17.5 Å². The van der Waals surface area contributed by atoms with Crippen LogP contribution in [0.5, 0.6) is 0 Å². The molecule has 0 aliphatic carbocycles. The number of aromatic nitrogens is 2. The molecule has 6 nitrogen and oxygen atoms in total. The van der Waals surface area contributed by atoms with Gasteiger partial charge in [0.15, 0.2) is 0 Å². The molecule has 27 heavy (non-hydrogen) atoms. The number of piperidine rings is 1. The average Bonchev–Trinajstić information content (AvgIpc) is 2.87. The maximum absolute atomic E-state index is 12.9. The lowest BCUT2D eigenvalue weighted by Gasteiger charge is -2.39. The van der Waals surface area contributed by atoms with Gasteiger partial charge < -0.3 is 4.90 Å². The first-order chi connectivity index (χ1) is 12.7. The van der Waals surface area contributed by atoms with Crippen molar-refractivity contribution in [1.29, 1.82) is 0 Å². The lowest BCUT2D eigenvalue weighted by molar-refractivity contribution is -0.141. The first-order valence-corrected chi connectivity index (χ1v) is 11.1. The minimum Gasteiger partial charge on any atom is -0.341 e. The topological polar surface area (TPSA) is 66.4 Å². The lowest BCUT2D eigenvalue weighted by atomic mass is 9.87. The van der Waals surface area contributed by atoms with E-state index in [1.54, 1.807) is 9.21 Å². The van der Waals surface area contributed by atoms with Crippen molar-refractivity contribution >= 4 is 16.0 Å². The molecule has 0 N–H and O–H groups in total. The highest BCUT2D eigenvalue weighted by molar-refractivity contribution is 7.88. The number of halogens is 3. The Morgan fingerprint density at radius 3 is 2.41 bits per heavy atom. The van der Waals surface area contributed by atoms with Gasteiger partial charge in [0.05, 0.1) is 6.26 Å². The van der Waals surface area contributed by atoms with E-state index in [4.69, 9.17) is 0 Å². The normalized spacial score (nSPS) is 24.0. The number of anilines is 1. The van der Waals surface area contributed by atoms with E-state index in [-0.39, 0.29) is 17.9 Å². The molecule has 2 aliphatic rings. The summed E-state index contributed by atoms with van der Waals surface area (Å²) in [5, 5.41) is 0. The van der Waals surface area contributed by atoms with Crippen LogP contribution in [0.15, 0.2) is 12.3 Å². The molecule has 2 fully saturated rings. The second-order valence-electron chi connectivity index (χ2n) is 7.35. The number of hydrogen-bond acceptors (Lipinski definition) is 5. The van der Waals surface area contributed by atoms with Gasteiger partial charge in [-0.15, -0.1) is 0 Å². The van der Waals surface area contributed by atoms with Crippen molar-refractivity contribution < 1.29 is 21.6 Å². The molecule has 0 bridgehead atoms. The van der Waals surface area contributed by atoms with Gasteiger partial charge in [0.25, 0.3) is 0 Å². The van der Waals surface area contributed by atoms with Crippen molar-refractivity contribution in [3.05, 3.63) is 18.0 Å². The minimum atomic E-state index is -4.49. The van der Waals surface area contributed by atoms with Gasteiger partial charge in [0, 0.05) is 31.9 Å². The molecular formula is C17H25F3N4O2S. The Balaban J connectivity index is 1.69. The van der Waals surface area contributed by atoms with Crippen molar-refractivity contribution in [2.75, 3.05) is 30.8 Å². The Labute approximate surface area is 157 Å². The van der Waals surface area contributed by atoms with Gasteiger partial charge in [0.2, 0.25) is 16.0 Å². The maximum atomic E-state index is 12.9. The van der Waals surface area contributed by atoms with Crippen LogP contribution >= 0.6 is 0 Å². The first kappa shape index (κ1) is 20.3. The molecule has 1 atom stereocenters. The van der Waals surface area contributed by atoms with E-state index in [0.29, 0.717) is 19.6 Å². The molecule has 1 aromatic rings. The van der Waals surface area contributed by atoms with Gasteiger partial charge in [-0.25, -0.2) is 18.4 Å². The van der Waals surface area contributed by atoms with Crippen molar-refractivity contribution in [2.24, 2.45) is 5.92 Å². The monoisotopic (exact) mass is 406 g/mol. The molecular weight excluding hydrogens is 381 g/mol. The molecule has 2 saturated heterocycles. The van der Waals surface area contributed by atoms with Gasteiger partial charge >= 0.3 is 6.18 Å². The zero-order chi connectivity index (χ0) is 19.7. The molecule has 0 saturated carbocycles. The van der Waals surface area contributed by atoms with Crippen LogP contribution in [0.1, 0.15) is 44.2 Å². The summed E-state index contributed by atoms with van der Waals surface area (Å²) in [4.78, 5) is 9.41. The quantitative estimate of drug-likeness (QED) is 0.772. The molecule has 0 radical (unpaired) electrons. The van der Waals surface area contributed by atoms with Crippen LogP contribution in [-0.4, -0.2) is 54.6 Å². The molecule has 0 unspecified atom stereocenters. The summed E-state index contributed by atoms with van der Waals surface area (Å²) in [6.45, 7) is 1.61. The summed E-state index contributed by atoms with van der Waals surface area (Å²) >= 11 is 0. The highest BCUT2D eigenvalue weighted by Gasteiger charge is 2.37. The van der Waals surface area contributed by atoms with Gasteiger partial charge in [0.1, 0.15) is 5.69 Å². The van der Waals surface area contributed by atoms with Crippen LogP contribution in [0.2, 0.25) is 0 Å². The molecule has 2 aliphatic heterocycles. The van der Waals surface area contributed by atoms with Crippen LogP contribution in [0.25, 0.3) is 0 Å². The van der Waals surface area contributed by atoms with Gasteiger partial charge in [-0.3, -0.25) is 0 Å². The van der Waals surface area contributed by atoms with Crippen LogP contribution in [0, 0.1) is 5.92 Å².